The number of ether oxygens (including phenoxy) is 1. The fraction of sp³-hybridized carbons (Fsp3) is 0.0476. The molecule has 0 aliphatic heterocycles. The van der Waals surface area contributed by atoms with Gasteiger partial charge in [-0.05, 0) is 36.4 Å². The monoisotopic (exact) mass is 375 g/mol. The third-order valence-corrected chi connectivity index (χ3v) is 5.10. The van der Waals surface area contributed by atoms with Crippen LogP contribution >= 0.6 is 11.3 Å². The molecule has 0 fully saturated rings. The number of benzene rings is 3. The molecular formula is C21H17N3O2S. The van der Waals surface area contributed by atoms with Gasteiger partial charge in [0.15, 0.2) is 0 Å². The highest BCUT2D eigenvalue weighted by atomic mass is 32.1. The summed E-state index contributed by atoms with van der Waals surface area (Å²) < 4.78 is 6.39. The molecule has 0 aliphatic carbocycles. The third kappa shape index (κ3) is 3.75. The molecule has 27 heavy (non-hydrogen) atoms. The van der Waals surface area contributed by atoms with Gasteiger partial charge in [0, 0.05) is 11.3 Å². The first-order chi connectivity index (χ1) is 13.2. The topological polar surface area (TPSA) is 63.2 Å². The van der Waals surface area contributed by atoms with Gasteiger partial charge in [0.25, 0.3) is 0 Å². The summed E-state index contributed by atoms with van der Waals surface area (Å²) >= 11 is 1.63. The van der Waals surface area contributed by atoms with Gasteiger partial charge < -0.3 is 15.4 Å². The van der Waals surface area contributed by atoms with Crippen molar-refractivity contribution in [1.29, 1.82) is 0 Å². The Morgan fingerprint density at radius 1 is 0.963 bits per heavy atom. The number of urea groups is 1. The second kappa shape index (κ2) is 7.47. The summed E-state index contributed by atoms with van der Waals surface area (Å²) in [6, 6.07) is 22.6. The summed E-state index contributed by atoms with van der Waals surface area (Å²) in [5.41, 5.74) is 3.25. The van der Waals surface area contributed by atoms with Crippen LogP contribution in [0.4, 0.5) is 16.2 Å². The number of amides is 2. The van der Waals surface area contributed by atoms with Crippen LogP contribution in [0.15, 0.2) is 72.8 Å². The van der Waals surface area contributed by atoms with Crippen LogP contribution in [0.25, 0.3) is 20.8 Å². The number of fused-ring (bicyclic) bond motifs is 1. The second-order valence-corrected chi connectivity index (χ2v) is 6.88. The van der Waals surface area contributed by atoms with E-state index in [4.69, 9.17) is 4.74 Å². The van der Waals surface area contributed by atoms with Gasteiger partial charge in [-0.15, -0.1) is 11.3 Å². The summed E-state index contributed by atoms with van der Waals surface area (Å²) in [5.74, 6) is 0.607. The number of nitrogens with zero attached hydrogens (tertiary/aromatic N) is 1. The summed E-state index contributed by atoms with van der Waals surface area (Å²) in [7, 11) is 1.57. The molecule has 0 atom stereocenters. The van der Waals surface area contributed by atoms with Crippen molar-refractivity contribution in [3.8, 4) is 16.3 Å². The normalized spacial score (nSPS) is 10.6. The summed E-state index contributed by atoms with van der Waals surface area (Å²) in [5, 5.41) is 6.58. The SMILES string of the molecule is COc1ccccc1NC(=O)Nc1cccc(-c2nc3ccccc3s2)c1. The van der Waals surface area contributed by atoms with Gasteiger partial charge in [-0.2, -0.15) is 0 Å². The molecule has 2 N–H and O–H groups in total. The van der Waals surface area contributed by atoms with Crippen molar-refractivity contribution < 1.29 is 9.53 Å². The van der Waals surface area contributed by atoms with Crippen molar-refractivity contribution >= 4 is 39.0 Å². The highest BCUT2D eigenvalue weighted by molar-refractivity contribution is 7.21. The maximum absolute atomic E-state index is 12.3. The van der Waals surface area contributed by atoms with E-state index in [0.29, 0.717) is 17.1 Å². The molecule has 4 aromatic rings. The third-order valence-electron chi connectivity index (χ3n) is 4.02. The number of methoxy groups -OCH3 is 1. The Labute approximate surface area is 160 Å². The zero-order valence-corrected chi connectivity index (χ0v) is 15.4. The first-order valence-corrected chi connectivity index (χ1v) is 9.21. The lowest BCUT2D eigenvalue weighted by Gasteiger charge is -2.11. The van der Waals surface area contributed by atoms with Crippen molar-refractivity contribution in [3.63, 3.8) is 0 Å². The lowest BCUT2D eigenvalue weighted by Crippen LogP contribution is -2.19. The summed E-state index contributed by atoms with van der Waals surface area (Å²) in [6.07, 6.45) is 0. The molecule has 0 saturated carbocycles. The Bertz CT molecular complexity index is 1070. The van der Waals surface area contributed by atoms with Crippen LogP contribution in [0.5, 0.6) is 5.75 Å². The van der Waals surface area contributed by atoms with Crippen LogP contribution in [0.2, 0.25) is 0 Å². The number of aromatic nitrogens is 1. The van der Waals surface area contributed by atoms with Gasteiger partial charge in [-0.25, -0.2) is 9.78 Å². The van der Waals surface area contributed by atoms with E-state index in [0.717, 1.165) is 20.8 Å². The molecule has 3 aromatic carbocycles. The summed E-state index contributed by atoms with van der Waals surface area (Å²) in [6.45, 7) is 0. The van der Waals surface area contributed by atoms with E-state index < -0.39 is 0 Å². The number of carbonyl (C=O) groups excluding carboxylic acids is 1. The van der Waals surface area contributed by atoms with Crippen molar-refractivity contribution in [2.75, 3.05) is 17.7 Å². The predicted molar refractivity (Wildman–Crippen MR) is 111 cm³/mol. The van der Waals surface area contributed by atoms with Crippen LogP contribution in [0.3, 0.4) is 0 Å². The number of para-hydroxylation sites is 3. The van der Waals surface area contributed by atoms with Gasteiger partial charge in [-0.3, -0.25) is 0 Å². The molecule has 134 valence electrons. The minimum Gasteiger partial charge on any atom is -0.495 e. The zero-order valence-electron chi connectivity index (χ0n) is 14.6. The molecule has 6 heteroatoms. The summed E-state index contributed by atoms with van der Waals surface area (Å²) in [4.78, 5) is 17.0. The number of carbonyl (C=O) groups is 1. The van der Waals surface area contributed by atoms with Gasteiger partial charge >= 0.3 is 6.03 Å². The first-order valence-electron chi connectivity index (χ1n) is 8.40. The number of rotatable bonds is 4. The van der Waals surface area contributed by atoms with E-state index in [1.807, 2.05) is 54.6 Å². The smallest absolute Gasteiger partial charge is 0.323 e. The minimum atomic E-state index is -0.332. The molecule has 5 nitrogen and oxygen atoms in total. The Balaban J connectivity index is 1.53. The molecule has 0 unspecified atom stereocenters. The van der Waals surface area contributed by atoms with Gasteiger partial charge in [0.2, 0.25) is 0 Å². The second-order valence-electron chi connectivity index (χ2n) is 5.85. The molecule has 0 spiro atoms. The Morgan fingerprint density at radius 3 is 2.63 bits per heavy atom. The first kappa shape index (κ1) is 17.1. The Hall–Kier alpha value is -3.38. The molecule has 0 aliphatic rings. The zero-order chi connectivity index (χ0) is 18.6. The Morgan fingerprint density at radius 2 is 1.78 bits per heavy atom. The highest BCUT2D eigenvalue weighted by Crippen LogP contribution is 2.31. The van der Waals surface area contributed by atoms with Crippen molar-refractivity contribution in [2.45, 2.75) is 0 Å². The van der Waals surface area contributed by atoms with Gasteiger partial charge in [0.05, 0.1) is 23.0 Å². The largest absolute Gasteiger partial charge is 0.495 e. The number of hydrogen-bond donors (Lipinski definition) is 2. The quantitative estimate of drug-likeness (QED) is 0.487. The van der Waals surface area contributed by atoms with E-state index in [1.54, 1.807) is 30.6 Å². The van der Waals surface area contributed by atoms with E-state index in [1.165, 1.54) is 0 Å². The van der Waals surface area contributed by atoms with Crippen molar-refractivity contribution in [3.05, 3.63) is 72.8 Å². The maximum atomic E-state index is 12.3. The maximum Gasteiger partial charge on any atom is 0.323 e. The van der Waals surface area contributed by atoms with Gasteiger partial charge in [-0.1, -0.05) is 36.4 Å². The number of nitrogens with one attached hydrogen (secondary N) is 2. The lowest BCUT2D eigenvalue weighted by atomic mass is 10.2. The van der Waals surface area contributed by atoms with Crippen molar-refractivity contribution in [2.24, 2.45) is 0 Å². The molecule has 4 rings (SSSR count). The van der Waals surface area contributed by atoms with Crippen LogP contribution in [0, 0.1) is 0 Å². The molecule has 0 radical (unpaired) electrons. The van der Waals surface area contributed by atoms with E-state index in [-0.39, 0.29) is 6.03 Å². The molecule has 0 bridgehead atoms. The van der Waals surface area contributed by atoms with Gasteiger partial charge in [0.1, 0.15) is 10.8 Å². The minimum absolute atomic E-state index is 0.332. The van der Waals surface area contributed by atoms with E-state index >= 15 is 0 Å². The Kier molecular flexibility index (Phi) is 4.72. The molecule has 1 aromatic heterocycles. The molecule has 1 heterocycles. The van der Waals surface area contributed by atoms with Crippen LogP contribution in [-0.4, -0.2) is 18.1 Å². The fourth-order valence-corrected chi connectivity index (χ4v) is 3.72. The molecular weight excluding hydrogens is 358 g/mol. The van der Waals surface area contributed by atoms with Crippen LogP contribution in [-0.2, 0) is 0 Å². The van der Waals surface area contributed by atoms with E-state index in [9.17, 15) is 4.79 Å². The number of anilines is 2. The van der Waals surface area contributed by atoms with E-state index in [2.05, 4.69) is 21.7 Å². The standard InChI is InChI=1S/C21H17N3O2S/c1-26-18-11-4-2-9-16(18)24-21(25)22-15-8-6-7-14(13-15)20-23-17-10-3-5-12-19(17)27-20/h2-13H,1H3,(H2,22,24,25). The number of hydrogen-bond acceptors (Lipinski definition) is 4. The predicted octanol–water partition coefficient (Wildman–Crippen LogP) is 5.62. The van der Waals surface area contributed by atoms with Crippen LogP contribution in [0.1, 0.15) is 0 Å². The average molecular weight is 375 g/mol. The van der Waals surface area contributed by atoms with Crippen LogP contribution < -0.4 is 15.4 Å². The lowest BCUT2D eigenvalue weighted by molar-refractivity contribution is 0.262. The molecule has 2 amide bonds. The fourth-order valence-electron chi connectivity index (χ4n) is 2.76. The highest BCUT2D eigenvalue weighted by Gasteiger charge is 2.09. The molecule has 0 saturated heterocycles. The average Bonchev–Trinajstić information content (AvgIpc) is 3.13. The number of thiazole rings is 1. The van der Waals surface area contributed by atoms with Crippen molar-refractivity contribution in [1.82, 2.24) is 4.98 Å².